The fraction of sp³-hybridized carbons (Fsp3) is 0.182. The third-order valence-corrected chi connectivity index (χ3v) is 2.16. The normalized spacial score (nSPS) is 10.2. The minimum atomic E-state index is -0.334. The lowest BCUT2D eigenvalue weighted by molar-refractivity contribution is 0.630. The largest absolute Gasteiger partial charge is 0.371 e. The van der Waals surface area contributed by atoms with Crippen LogP contribution in [-0.4, -0.2) is 22.2 Å². The lowest BCUT2D eigenvalue weighted by Crippen LogP contribution is -2.03. The Kier molecular flexibility index (Phi) is 2.76. The number of halogens is 1. The van der Waals surface area contributed by atoms with Crippen molar-refractivity contribution in [2.45, 2.75) is 6.92 Å². The van der Waals surface area contributed by atoms with Gasteiger partial charge in [0.2, 0.25) is 0 Å². The number of benzene rings is 1. The molecule has 1 aromatic heterocycles. The Morgan fingerprint density at radius 3 is 2.62 bits per heavy atom. The fourth-order valence-electron chi connectivity index (χ4n) is 1.42. The predicted octanol–water partition coefficient (Wildman–Crippen LogP) is 2.03. The summed E-state index contributed by atoms with van der Waals surface area (Å²) in [6.07, 6.45) is 0. The highest BCUT2D eigenvalue weighted by molar-refractivity contribution is 5.70. The Morgan fingerprint density at radius 1 is 1.19 bits per heavy atom. The minimum absolute atomic E-state index is 0.334. The van der Waals surface area contributed by atoms with Gasteiger partial charge in [-0.3, -0.25) is 0 Å². The van der Waals surface area contributed by atoms with Crippen molar-refractivity contribution in [1.29, 1.82) is 0 Å². The SMILES string of the molecule is CNc1nc(C)nnc1-c1ccccc1F. The maximum atomic E-state index is 13.6. The fourth-order valence-corrected chi connectivity index (χ4v) is 1.42. The molecule has 5 heteroatoms. The van der Waals surface area contributed by atoms with E-state index in [2.05, 4.69) is 20.5 Å². The lowest BCUT2D eigenvalue weighted by atomic mass is 10.1. The van der Waals surface area contributed by atoms with Crippen molar-refractivity contribution in [2.75, 3.05) is 12.4 Å². The van der Waals surface area contributed by atoms with Gasteiger partial charge in [-0.1, -0.05) is 12.1 Å². The van der Waals surface area contributed by atoms with Gasteiger partial charge in [-0.25, -0.2) is 9.37 Å². The van der Waals surface area contributed by atoms with Crippen LogP contribution in [0, 0.1) is 12.7 Å². The van der Waals surface area contributed by atoms with Gasteiger partial charge in [0.15, 0.2) is 5.82 Å². The third kappa shape index (κ3) is 1.84. The van der Waals surface area contributed by atoms with Gasteiger partial charge in [-0.2, -0.15) is 0 Å². The molecule has 0 saturated heterocycles. The molecule has 0 aliphatic carbocycles. The highest BCUT2D eigenvalue weighted by atomic mass is 19.1. The smallest absolute Gasteiger partial charge is 0.156 e. The van der Waals surface area contributed by atoms with E-state index in [0.29, 0.717) is 22.9 Å². The van der Waals surface area contributed by atoms with Crippen LogP contribution in [0.1, 0.15) is 5.82 Å². The number of rotatable bonds is 2. The summed E-state index contributed by atoms with van der Waals surface area (Å²) in [5.74, 6) is 0.737. The van der Waals surface area contributed by atoms with E-state index < -0.39 is 0 Å². The van der Waals surface area contributed by atoms with E-state index in [1.807, 2.05) is 0 Å². The van der Waals surface area contributed by atoms with Gasteiger partial charge in [-0.05, 0) is 19.1 Å². The molecule has 0 amide bonds. The molecule has 4 nitrogen and oxygen atoms in total. The minimum Gasteiger partial charge on any atom is -0.371 e. The molecule has 1 heterocycles. The average Bonchev–Trinajstić information content (AvgIpc) is 2.30. The average molecular weight is 218 g/mol. The Labute approximate surface area is 92.6 Å². The molecule has 0 radical (unpaired) electrons. The number of aromatic nitrogens is 3. The lowest BCUT2D eigenvalue weighted by Gasteiger charge is -2.07. The van der Waals surface area contributed by atoms with Crippen molar-refractivity contribution >= 4 is 5.82 Å². The van der Waals surface area contributed by atoms with E-state index in [1.54, 1.807) is 32.2 Å². The Hall–Kier alpha value is -2.04. The van der Waals surface area contributed by atoms with Crippen molar-refractivity contribution < 1.29 is 4.39 Å². The highest BCUT2D eigenvalue weighted by Gasteiger charge is 2.12. The summed E-state index contributed by atoms with van der Waals surface area (Å²) in [4.78, 5) is 4.16. The molecular formula is C11H11FN4. The third-order valence-electron chi connectivity index (χ3n) is 2.16. The van der Waals surface area contributed by atoms with Crippen molar-refractivity contribution in [3.63, 3.8) is 0 Å². The first-order chi connectivity index (χ1) is 7.72. The number of nitrogens with one attached hydrogen (secondary N) is 1. The Balaban J connectivity index is 2.60. The van der Waals surface area contributed by atoms with Gasteiger partial charge in [0.1, 0.15) is 17.3 Å². The first-order valence-electron chi connectivity index (χ1n) is 4.86. The van der Waals surface area contributed by atoms with Crippen LogP contribution in [0.4, 0.5) is 10.2 Å². The second-order valence-corrected chi connectivity index (χ2v) is 3.29. The molecular weight excluding hydrogens is 207 g/mol. The topological polar surface area (TPSA) is 50.7 Å². The van der Waals surface area contributed by atoms with Crippen LogP contribution in [0.25, 0.3) is 11.3 Å². The van der Waals surface area contributed by atoms with E-state index >= 15 is 0 Å². The summed E-state index contributed by atoms with van der Waals surface area (Å²) >= 11 is 0. The van der Waals surface area contributed by atoms with Crippen LogP contribution < -0.4 is 5.32 Å². The zero-order chi connectivity index (χ0) is 11.5. The maximum Gasteiger partial charge on any atom is 0.156 e. The molecule has 2 rings (SSSR count). The first kappa shape index (κ1) is 10.5. The Morgan fingerprint density at radius 2 is 1.94 bits per heavy atom. The summed E-state index contributed by atoms with van der Waals surface area (Å²) in [7, 11) is 1.72. The molecule has 0 aliphatic rings. The second kappa shape index (κ2) is 4.22. The van der Waals surface area contributed by atoms with Crippen LogP contribution in [-0.2, 0) is 0 Å². The molecule has 0 aliphatic heterocycles. The molecule has 1 aromatic carbocycles. The number of aryl methyl sites for hydroxylation is 1. The van der Waals surface area contributed by atoms with Crippen LogP contribution >= 0.6 is 0 Å². The van der Waals surface area contributed by atoms with Crippen LogP contribution in [0.3, 0.4) is 0 Å². The highest BCUT2D eigenvalue weighted by Crippen LogP contribution is 2.25. The number of hydrogen-bond donors (Lipinski definition) is 1. The quantitative estimate of drug-likeness (QED) is 0.837. The van der Waals surface area contributed by atoms with E-state index in [1.165, 1.54) is 6.07 Å². The molecule has 0 fully saturated rings. The van der Waals surface area contributed by atoms with E-state index in [-0.39, 0.29) is 5.82 Å². The summed E-state index contributed by atoms with van der Waals surface area (Å²) in [5, 5.41) is 10.7. The maximum absolute atomic E-state index is 13.6. The van der Waals surface area contributed by atoms with Crippen LogP contribution in [0.15, 0.2) is 24.3 Å². The Bertz CT molecular complexity index is 513. The van der Waals surface area contributed by atoms with Gasteiger partial charge >= 0.3 is 0 Å². The zero-order valence-electron chi connectivity index (χ0n) is 9.03. The number of nitrogens with zero attached hydrogens (tertiary/aromatic N) is 3. The molecule has 0 atom stereocenters. The molecule has 0 spiro atoms. The van der Waals surface area contributed by atoms with E-state index in [4.69, 9.17) is 0 Å². The second-order valence-electron chi connectivity index (χ2n) is 3.29. The molecule has 0 bridgehead atoms. The van der Waals surface area contributed by atoms with Gasteiger partial charge < -0.3 is 5.32 Å². The standard InChI is InChI=1S/C11H11FN4/c1-7-14-11(13-2)10(16-15-7)8-5-3-4-6-9(8)12/h3-6H,1-2H3,(H,13,14,15). The van der Waals surface area contributed by atoms with Gasteiger partial charge in [-0.15, -0.1) is 10.2 Å². The predicted molar refractivity (Wildman–Crippen MR) is 59.5 cm³/mol. The molecule has 82 valence electrons. The number of anilines is 1. The molecule has 0 saturated carbocycles. The van der Waals surface area contributed by atoms with Gasteiger partial charge in [0.05, 0.1) is 0 Å². The summed E-state index contributed by atoms with van der Waals surface area (Å²) < 4.78 is 13.6. The summed E-state index contributed by atoms with van der Waals surface area (Å²) in [6, 6.07) is 6.42. The van der Waals surface area contributed by atoms with Crippen molar-refractivity contribution in [1.82, 2.24) is 15.2 Å². The van der Waals surface area contributed by atoms with Crippen LogP contribution in [0.5, 0.6) is 0 Å². The zero-order valence-corrected chi connectivity index (χ0v) is 9.03. The molecule has 0 unspecified atom stereocenters. The van der Waals surface area contributed by atoms with Crippen LogP contribution in [0.2, 0.25) is 0 Å². The van der Waals surface area contributed by atoms with Gasteiger partial charge in [0.25, 0.3) is 0 Å². The number of hydrogen-bond acceptors (Lipinski definition) is 4. The van der Waals surface area contributed by atoms with Crippen molar-refractivity contribution in [3.05, 3.63) is 35.9 Å². The molecule has 16 heavy (non-hydrogen) atoms. The monoisotopic (exact) mass is 218 g/mol. The van der Waals surface area contributed by atoms with Crippen molar-refractivity contribution in [2.24, 2.45) is 0 Å². The van der Waals surface area contributed by atoms with Gasteiger partial charge in [0, 0.05) is 12.6 Å². The molecule has 1 N–H and O–H groups in total. The first-order valence-corrected chi connectivity index (χ1v) is 4.86. The van der Waals surface area contributed by atoms with Crippen molar-refractivity contribution in [3.8, 4) is 11.3 Å². The molecule has 2 aromatic rings. The van der Waals surface area contributed by atoms with E-state index in [9.17, 15) is 4.39 Å². The van der Waals surface area contributed by atoms with E-state index in [0.717, 1.165) is 0 Å². The summed E-state index contributed by atoms with van der Waals surface area (Å²) in [6.45, 7) is 1.74. The summed E-state index contributed by atoms with van der Waals surface area (Å²) in [5.41, 5.74) is 0.818.